The molecule has 1 N–H and O–H groups in total. The van der Waals surface area contributed by atoms with Gasteiger partial charge in [-0.05, 0) is 44.0 Å². The van der Waals surface area contributed by atoms with Gasteiger partial charge in [0.15, 0.2) is 10.8 Å². The number of aromatic nitrogens is 1. The molecule has 0 radical (unpaired) electrons. The highest BCUT2D eigenvalue weighted by atomic mass is 79.9. The van der Waals surface area contributed by atoms with Gasteiger partial charge in [0.25, 0.3) is 10.0 Å². The summed E-state index contributed by atoms with van der Waals surface area (Å²) in [5.41, 5.74) is -0.184. The lowest BCUT2D eigenvalue weighted by molar-refractivity contribution is -0.135. The zero-order valence-corrected chi connectivity index (χ0v) is 17.5. The number of anilines is 1. The number of rotatable bonds is 5. The second kappa shape index (κ2) is 7.76. The predicted molar refractivity (Wildman–Crippen MR) is 97.5 cm³/mol. The minimum atomic E-state index is -4.88. The van der Waals surface area contributed by atoms with E-state index in [1.165, 1.54) is 6.92 Å². The van der Waals surface area contributed by atoms with Crippen LogP contribution in [0.2, 0.25) is 0 Å². The van der Waals surface area contributed by atoms with Crippen molar-refractivity contribution in [3.05, 3.63) is 38.3 Å². The van der Waals surface area contributed by atoms with Gasteiger partial charge in [0.1, 0.15) is 4.88 Å². The number of esters is 1. The zero-order valence-electron chi connectivity index (χ0n) is 14.3. The first-order chi connectivity index (χ1) is 12.4. The Morgan fingerprint density at radius 2 is 1.85 bits per heavy atom. The molecule has 0 bridgehead atoms. The van der Waals surface area contributed by atoms with Crippen molar-refractivity contribution in [3.8, 4) is 0 Å². The van der Waals surface area contributed by atoms with Crippen molar-refractivity contribution in [2.45, 2.75) is 31.8 Å². The van der Waals surface area contributed by atoms with Gasteiger partial charge in [0.05, 0.1) is 11.5 Å². The van der Waals surface area contributed by atoms with E-state index < -0.39 is 37.9 Å². The van der Waals surface area contributed by atoms with Crippen molar-refractivity contribution in [3.63, 3.8) is 0 Å². The van der Waals surface area contributed by atoms with Gasteiger partial charge in [-0.1, -0.05) is 27.3 Å². The van der Waals surface area contributed by atoms with E-state index in [9.17, 15) is 26.4 Å². The minimum Gasteiger partial charge on any atom is -0.461 e. The smallest absolute Gasteiger partial charge is 0.428 e. The number of halogens is 4. The number of carbonyl (C=O) groups excluding carboxylic acids is 1. The second-order valence-corrected chi connectivity index (χ2v) is 8.92. The quantitative estimate of drug-likeness (QED) is 0.627. The van der Waals surface area contributed by atoms with Gasteiger partial charge in [-0.2, -0.15) is 13.2 Å². The molecule has 2 rings (SSSR count). The first-order valence-electron chi connectivity index (χ1n) is 7.41. The van der Waals surface area contributed by atoms with Crippen molar-refractivity contribution in [2.24, 2.45) is 0 Å². The number of ether oxygens (including phenoxy) is 1. The average molecular weight is 487 g/mol. The molecule has 1 heterocycles. The first kappa shape index (κ1) is 21.6. The van der Waals surface area contributed by atoms with E-state index in [0.29, 0.717) is 15.6 Å². The van der Waals surface area contributed by atoms with E-state index >= 15 is 0 Å². The molecule has 0 fully saturated rings. The number of hydrogen-bond acceptors (Lipinski definition) is 6. The number of hydrogen-bond donors (Lipinski definition) is 1. The number of benzene rings is 1. The fourth-order valence-electron chi connectivity index (χ4n) is 2.38. The minimum absolute atomic E-state index is 0.0206. The monoisotopic (exact) mass is 486 g/mol. The number of nitrogens with one attached hydrogen (secondary N) is 1. The van der Waals surface area contributed by atoms with E-state index in [1.54, 1.807) is 26.0 Å². The third-order valence-electron chi connectivity index (χ3n) is 3.27. The number of thiazole rings is 1. The Balaban J connectivity index is 2.50. The maximum atomic E-state index is 13.2. The lowest BCUT2D eigenvalue weighted by Crippen LogP contribution is -2.16. The topological polar surface area (TPSA) is 85.4 Å². The lowest BCUT2D eigenvalue weighted by Gasteiger charge is -2.12. The Kier molecular flexibility index (Phi) is 6.22. The molecule has 6 nitrogen and oxygen atoms in total. The summed E-state index contributed by atoms with van der Waals surface area (Å²) in [5, 5.41) is -0.577. The summed E-state index contributed by atoms with van der Waals surface area (Å²) in [6, 6.07) is 3.13. The van der Waals surface area contributed by atoms with E-state index in [1.807, 2.05) is 4.72 Å². The summed E-state index contributed by atoms with van der Waals surface area (Å²) in [6.45, 7) is 4.39. The van der Waals surface area contributed by atoms with Crippen molar-refractivity contribution >= 4 is 48.4 Å². The Hall–Kier alpha value is -1.66. The summed E-state index contributed by atoms with van der Waals surface area (Å²) in [5.74, 6) is -1.28. The fourth-order valence-corrected chi connectivity index (χ4v) is 5.58. The van der Waals surface area contributed by atoms with E-state index in [-0.39, 0.29) is 22.8 Å². The molecule has 1 aromatic heterocycles. The van der Waals surface area contributed by atoms with Crippen molar-refractivity contribution in [1.29, 1.82) is 0 Å². The number of alkyl halides is 3. The fraction of sp³-hybridized carbons (Fsp3) is 0.333. The largest absolute Gasteiger partial charge is 0.461 e. The number of aryl methyl sites for hydroxylation is 2. The van der Waals surface area contributed by atoms with Crippen LogP contribution in [-0.2, 0) is 20.9 Å². The maximum Gasteiger partial charge on any atom is 0.428 e. The van der Waals surface area contributed by atoms with Crippen LogP contribution in [-0.4, -0.2) is 26.0 Å². The molecular weight excluding hydrogens is 473 g/mol. The van der Waals surface area contributed by atoms with Gasteiger partial charge in [-0.3, -0.25) is 4.72 Å². The van der Waals surface area contributed by atoms with Crippen LogP contribution < -0.4 is 4.72 Å². The number of nitrogens with zero attached hydrogens (tertiary/aromatic N) is 1. The number of sulfonamides is 1. The van der Waals surface area contributed by atoms with Gasteiger partial charge >= 0.3 is 12.1 Å². The Labute approximate surface area is 165 Å². The van der Waals surface area contributed by atoms with Crippen LogP contribution >= 0.6 is 27.3 Å². The normalized spacial score (nSPS) is 12.1. The molecule has 1 aromatic carbocycles. The highest BCUT2D eigenvalue weighted by Gasteiger charge is 2.40. The summed E-state index contributed by atoms with van der Waals surface area (Å²) < 4.78 is 72.1. The Bertz CT molecular complexity index is 964. The van der Waals surface area contributed by atoms with Crippen molar-refractivity contribution in [1.82, 2.24) is 4.98 Å². The van der Waals surface area contributed by atoms with Crippen LogP contribution in [0, 0.1) is 13.8 Å². The van der Waals surface area contributed by atoms with Gasteiger partial charge in [-0.15, -0.1) is 0 Å². The Morgan fingerprint density at radius 1 is 1.30 bits per heavy atom. The molecule has 0 unspecified atom stereocenters. The Morgan fingerprint density at radius 3 is 2.33 bits per heavy atom. The van der Waals surface area contributed by atoms with Crippen LogP contribution in [0.1, 0.15) is 33.4 Å². The SMILES string of the molecule is CCOC(=O)c1nc(NS(=O)(=O)c2c(C)cc(Br)cc2C)sc1C(F)(F)F. The molecule has 12 heteroatoms. The van der Waals surface area contributed by atoms with Crippen LogP contribution in [0.5, 0.6) is 0 Å². The summed E-state index contributed by atoms with van der Waals surface area (Å²) in [6.07, 6.45) is -4.88. The molecule has 27 heavy (non-hydrogen) atoms. The van der Waals surface area contributed by atoms with Gasteiger partial charge in [0.2, 0.25) is 0 Å². The second-order valence-electron chi connectivity index (χ2n) is 5.39. The molecule has 2 aromatic rings. The molecular formula is C15H14BrF3N2O4S2. The van der Waals surface area contributed by atoms with Crippen LogP contribution in [0.15, 0.2) is 21.5 Å². The van der Waals surface area contributed by atoms with Crippen LogP contribution in [0.25, 0.3) is 0 Å². The average Bonchev–Trinajstić information content (AvgIpc) is 2.89. The van der Waals surface area contributed by atoms with E-state index in [4.69, 9.17) is 0 Å². The highest BCUT2D eigenvalue weighted by molar-refractivity contribution is 9.10. The third-order valence-corrected chi connectivity index (χ3v) is 6.52. The van der Waals surface area contributed by atoms with Gasteiger partial charge in [0, 0.05) is 4.47 Å². The van der Waals surface area contributed by atoms with E-state index in [2.05, 4.69) is 25.7 Å². The lowest BCUT2D eigenvalue weighted by atomic mass is 10.2. The molecule has 0 aliphatic heterocycles. The highest BCUT2D eigenvalue weighted by Crippen LogP contribution is 2.39. The molecule has 0 spiro atoms. The van der Waals surface area contributed by atoms with Crippen molar-refractivity contribution < 1.29 is 31.1 Å². The molecule has 0 amide bonds. The van der Waals surface area contributed by atoms with Gasteiger partial charge < -0.3 is 4.74 Å². The summed E-state index contributed by atoms with van der Waals surface area (Å²) in [7, 11) is -4.22. The summed E-state index contributed by atoms with van der Waals surface area (Å²) >= 11 is 3.26. The standard InChI is InChI=1S/C15H14BrF3N2O4S2/c1-4-25-13(22)10-12(15(17,18)19)26-14(20-10)21-27(23,24)11-7(2)5-9(16)6-8(11)3/h5-6H,4H2,1-3H3,(H,20,21). The molecule has 0 saturated heterocycles. The van der Waals surface area contributed by atoms with Gasteiger partial charge in [-0.25, -0.2) is 18.2 Å². The van der Waals surface area contributed by atoms with Crippen LogP contribution in [0.3, 0.4) is 0 Å². The summed E-state index contributed by atoms with van der Waals surface area (Å²) in [4.78, 5) is 13.8. The van der Waals surface area contributed by atoms with E-state index in [0.717, 1.165) is 0 Å². The van der Waals surface area contributed by atoms with Crippen LogP contribution in [0.4, 0.5) is 18.3 Å². The third kappa shape index (κ3) is 4.79. The molecule has 0 aliphatic carbocycles. The molecule has 148 valence electrons. The maximum absolute atomic E-state index is 13.2. The molecule has 0 aliphatic rings. The number of carbonyl (C=O) groups is 1. The zero-order chi connectivity index (χ0) is 20.6. The first-order valence-corrected chi connectivity index (χ1v) is 10.5. The predicted octanol–water partition coefficient (Wildman–Crippen LogP) is 4.52. The molecule has 0 saturated carbocycles. The molecule has 0 atom stereocenters. The van der Waals surface area contributed by atoms with Crippen molar-refractivity contribution in [2.75, 3.05) is 11.3 Å².